The minimum absolute atomic E-state index is 0.215. The number of hydrogen-bond acceptors (Lipinski definition) is 7. The molecule has 2 aromatic heterocycles. The first-order chi connectivity index (χ1) is 20.9. The van der Waals surface area contributed by atoms with Gasteiger partial charge in [0.2, 0.25) is 0 Å². The Labute approximate surface area is 258 Å². The fraction of sp³-hybridized carbons (Fsp3) is 0.382. The minimum atomic E-state index is -0.880. The van der Waals surface area contributed by atoms with E-state index in [9.17, 15) is 19.8 Å². The van der Waals surface area contributed by atoms with Crippen LogP contribution < -0.4 is 15.5 Å². The normalized spacial score (nSPS) is 15.2. The van der Waals surface area contributed by atoms with Gasteiger partial charge in [-0.3, -0.25) is 14.3 Å². The van der Waals surface area contributed by atoms with Crippen molar-refractivity contribution in [2.24, 2.45) is 0 Å². The predicted molar refractivity (Wildman–Crippen MR) is 173 cm³/mol. The monoisotopic (exact) mass is 598 g/mol. The maximum atomic E-state index is 13.2. The van der Waals surface area contributed by atoms with Gasteiger partial charge in [0.25, 0.3) is 5.91 Å². The van der Waals surface area contributed by atoms with Gasteiger partial charge in [-0.25, -0.2) is 9.78 Å². The fourth-order valence-electron chi connectivity index (χ4n) is 5.44. The third-order valence-corrected chi connectivity index (χ3v) is 8.22. The lowest BCUT2D eigenvalue weighted by Crippen LogP contribution is -2.41. The molecule has 0 radical (unpaired) electrons. The molecule has 0 unspecified atom stereocenters. The zero-order chi connectivity index (χ0) is 31.5. The summed E-state index contributed by atoms with van der Waals surface area (Å²) < 4.78 is 1.56. The lowest BCUT2D eigenvalue weighted by molar-refractivity contribution is -0.00731. The molecule has 1 fully saturated rings. The van der Waals surface area contributed by atoms with Gasteiger partial charge >= 0.3 is 6.03 Å². The van der Waals surface area contributed by atoms with E-state index in [1.165, 1.54) is 0 Å². The molecule has 0 bridgehead atoms. The van der Waals surface area contributed by atoms with Crippen LogP contribution in [0.2, 0.25) is 0 Å². The molecule has 232 valence electrons. The highest BCUT2D eigenvalue weighted by atomic mass is 16.3. The molecule has 0 atom stereocenters. The number of benzene rings is 2. The number of nitrogens with one attached hydrogen (secondary N) is 2. The Kier molecular flexibility index (Phi) is 9.05. The quantitative estimate of drug-likeness (QED) is 0.211. The summed E-state index contributed by atoms with van der Waals surface area (Å²) in [6.45, 7) is 8.44. The number of anilines is 3. The molecule has 2 amide bonds. The van der Waals surface area contributed by atoms with Gasteiger partial charge in [0.15, 0.2) is 0 Å². The van der Waals surface area contributed by atoms with Crippen molar-refractivity contribution in [2.45, 2.75) is 57.8 Å². The summed E-state index contributed by atoms with van der Waals surface area (Å²) in [5.74, 6) is 0.160. The van der Waals surface area contributed by atoms with E-state index in [0.29, 0.717) is 24.3 Å². The van der Waals surface area contributed by atoms with Crippen LogP contribution in [0.5, 0.6) is 0 Å². The van der Waals surface area contributed by atoms with E-state index in [-0.39, 0.29) is 11.9 Å². The SMILES string of the molecule is CNC(=O)n1ccc2cc(N(CCC(C)(C)O)c3ccnc(NC(=O)c4ccc(CN5CCC(C)(O)CC5)cc4)c3)ccc21. The van der Waals surface area contributed by atoms with E-state index in [1.54, 1.807) is 37.9 Å². The standard InChI is InChI=1S/C34H42N6O4/c1-33(2,43)13-20-39(27-9-10-29-26(21-27)12-17-40(29)32(42)35-4)28-11-16-36-30(22-28)37-31(41)25-7-5-24(6-8-25)23-38-18-14-34(3,44)15-19-38/h5-12,16-17,21-22,43-44H,13-15,18-20,23H2,1-4H3,(H,35,42)(H,36,37,41). The summed E-state index contributed by atoms with van der Waals surface area (Å²) >= 11 is 0. The molecule has 4 aromatic rings. The number of carbonyl (C=O) groups excluding carboxylic acids is 2. The average molecular weight is 599 g/mol. The summed E-state index contributed by atoms with van der Waals surface area (Å²) in [7, 11) is 1.60. The average Bonchev–Trinajstić information content (AvgIpc) is 3.41. The molecule has 0 aliphatic carbocycles. The number of nitrogens with zero attached hydrogens (tertiary/aromatic N) is 4. The number of carbonyl (C=O) groups is 2. The van der Waals surface area contributed by atoms with Crippen molar-refractivity contribution in [1.29, 1.82) is 0 Å². The predicted octanol–water partition coefficient (Wildman–Crippen LogP) is 5.12. The molecule has 1 aliphatic heterocycles. The molecular weight excluding hydrogens is 556 g/mol. The molecule has 5 rings (SSSR count). The molecule has 44 heavy (non-hydrogen) atoms. The molecule has 1 aliphatic rings. The van der Waals surface area contributed by atoms with Crippen LogP contribution in [0.4, 0.5) is 22.0 Å². The first-order valence-electron chi connectivity index (χ1n) is 15.0. The summed E-state index contributed by atoms with van der Waals surface area (Å²) in [6, 6.07) is 18.8. The van der Waals surface area contributed by atoms with E-state index in [1.807, 2.05) is 67.6 Å². The van der Waals surface area contributed by atoms with Crippen LogP contribution in [0, 0.1) is 0 Å². The van der Waals surface area contributed by atoms with Crippen molar-refractivity contribution in [3.63, 3.8) is 0 Å². The molecule has 2 aromatic carbocycles. The van der Waals surface area contributed by atoms with Crippen LogP contribution >= 0.6 is 0 Å². The number of hydrogen-bond donors (Lipinski definition) is 4. The number of amides is 2. The number of piperidine rings is 1. The zero-order valence-corrected chi connectivity index (χ0v) is 25.9. The van der Waals surface area contributed by atoms with Crippen LogP contribution in [0.3, 0.4) is 0 Å². The van der Waals surface area contributed by atoms with Gasteiger partial charge in [0.1, 0.15) is 5.82 Å². The van der Waals surface area contributed by atoms with Gasteiger partial charge in [-0.15, -0.1) is 0 Å². The third-order valence-electron chi connectivity index (χ3n) is 8.22. The Morgan fingerprint density at radius 1 is 1.02 bits per heavy atom. The third kappa shape index (κ3) is 7.63. The van der Waals surface area contributed by atoms with Crippen molar-refractivity contribution in [1.82, 2.24) is 19.8 Å². The van der Waals surface area contributed by atoms with Gasteiger partial charge in [0, 0.05) is 74.0 Å². The van der Waals surface area contributed by atoms with E-state index in [2.05, 4.69) is 25.4 Å². The maximum absolute atomic E-state index is 13.2. The topological polar surface area (TPSA) is 123 Å². The lowest BCUT2D eigenvalue weighted by atomic mass is 9.93. The van der Waals surface area contributed by atoms with Crippen LogP contribution in [0.15, 0.2) is 73.1 Å². The molecule has 10 nitrogen and oxygen atoms in total. The number of pyridine rings is 1. The smallest absolute Gasteiger partial charge is 0.325 e. The van der Waals surface area contributed by atoms with E-state index in [0.717, 1.165) is 60.3 Å². The van der Waals surface area contributed by atoms with Crippen LogP contribution in [0.1, 0.15) is 56.0 Å². The van der Waals surface area contributed by atoms with E-state index >= 15 is 0 Å². The molecule has 0 saturated carbocycles. The van der Waals surface area contributed by atoms with Crippen LogP contribution in [-0.4, -0.2) is 74.5 Å². The fourth-order valence-corrected chi connectivity index (χ4v) is 5.44. The zero-order valence-electron chi connectivity index (χ0n) is 25.9. The largest absolute Gasteiger partial charge is 0.390 e. The maximum Gasteiger partial charge on any atom is 0.325 e. The Bertz CT molecular complexity index is 1610. The molecule has 0 spiro atoms. The van der Waals surface area contributed by atoms with Crippen molar-refractivity contribution in [3.8, 4) is 0 Å². The lowest BCUT2D eigenvalue weighted by Gasteiger charge is -2.35. The highest BCUT2D eigenvalue weighted by Crippen LogP contribution is 2.31. The number of aromatic nitrogens is 2. The van der Waals surface area contributed by atoms with Crippen molar-refractivity contribution >= 4 is 40.0 Å². The van der Waals surface area contributed by atoms with E-state index in [4.69, 9.17) is 0 Å². The highest BCUT2D eigenvalue weighted by molar-refractivity contribution is 6.04. The Morgan fingerprint density at radius 2 is 1.73 bits per heavy atom. The van der Waals surface area contributed by atoms with Crippen LogP contribution in [0.25, 0.3) is 10.9 Å². The summed E-state index contributed by atoms with van der Waals surface area (Å²) in [4.78, 5) is 34.2. The van der Waals surface area contributed by atoms with Crippen molar-refractivity contribution in [3.05, 3.63) is 84.2 Å². The summed E-state index contributed by atoms with van der Waals surface area (Å²) in [5, 5.41) is 27.2. The molecule has 10 heteroatoms. The number of likely N-dealkylation sites (tertiary alicyclic amines) is 1. The Hall–Kier alpha value is -4.25. The van der Waals surface area contributed by atoms with Gasteiger partial charge in [-0.2, -0.15) is 0 Å². The number of fused-ring (bicyclic) bond motifs is 1. The van der Waals surface area contributed by atoms with Crippen LogP contribution in [-0.2, 0) is 6.54 Å². The van der Waals surface area contributed by atoms with Gasteiger partial charge < -0.3 is 25.7 Å². The summed E-state index contributed by atoms with van der Waals surface area (Å²) in [5.41, 5.74) is 2.67. The van der Waals surface area contributed by atoms with E-state index < -0.39 is 11.2 Å². The minimum Gasteiger partial charge on any atom is -0.390 e. The van der Waals surface area contributed by atoms with Gasteiger partial charge in [0.05, 0.1) is 16.7 Å². The first kappa shape index (κ1) is 31.2. The molecule has 3 heterocycles. The second-order valence-corrected chi connectivity index (χ2v) is 12.5. The highest BCUT2D eigenvalue weighted by Gasteiger charge is 2.27. The van der Waals surface area contributed by atoms with Crippen molar-refractivity contribution < 1.29 is 19.8 Å². The van der Waals surface area contributed by atoms with Crippen molar-refractivity contribution in [2.75, 3.05) is 36.9 Å². The molecular formula is C34H42N6O4. The van der Waals surface area contributed by atoms with Gasteiger partial charge in [-0.1, -0.05) is 12.1 Å². The second-order valence-electron chi connectivity index (χ2n) is 12.5. The first-order valence-corrected chi connectivity index (χ1v) is 15.0. The van der Waals surface area contributed by atoms with Gasteiger partial charge in [-0.05, 0) is 88.1 Å². The Morgan fingerprint density at radius 3 is 2.41 bits per heavy atom. The summed E-state index contributed by atoms with van der Waals surface area (Å²) in [6.07, 6.45) is 5.41. The second kappa shape index (κ2) is 12.8. The molecule has 4 N–H and O–H groups in total. The number of aliphatic hydroxyl groups is 2. The Balaban J connectivity index is 1.32. The molecule has 1 saturated heterocycles. The number of rotatable bonds is 9.